The Bertz CT molecular complexity index is 380. The molecular formula is C12H16N2O2. The molecule has 0 aliphatic carbocycles. The second kappa shape index (κ2) is 4.90. The zero-order valence-corrected chi connectivity index (χ0v) is 9.70. The van der Waals surface area contributed by atoms with Crippen molar-refractivity contribution in [2.45, 2.75) is 26.3 Å². The summed E-state index contributed by atoms with van der Waals surface area (Å²) < 4.78 is 0. The Hall–Kier alpha value is -1.68. The molecule has 1 amide bonds. The zero-order valence-electron chi connectivity index (χ0n) is 9.70. The van der Waals surface area contributed by atoms with Gasteiger partial charge in [0.1, 0.15) is 0 Å². The molecule has 0 heterocycles. The Morgan fingerprint density at radius 1 is 1.06 bits per heavy atom. The van der Waals surface area contributed by atoms with Gasteiger partial charge < -0.3 is 0 Å². The Labute approximate surface area is 95.0 Å². The number of carbonyl (C=O) groups excluding carboxylic acids is 2. The molecule has 0 aromatic heterocycles. The first-order valence-corrected chi connectivity index (χ1v) is 5.07. The number of carbonyl (C=O) groups is 2. The number of benzene rings is 1. The molecular weight excluding hydrogens is 204 g/mol. The Morgan fingerprint density at radius 2 is 1.62 bits per heavy atom. The van der Waals surface area contributed by atoms with Gasteiger partial charge in [0.15, 0.2) is 0 Å². The van der Waals surface area contributed by atoms with E-state index in [0.717, 1.165) is 0 Å². The topological polar surface area (TPSA) is 58.2 Å². The third-order valence-corrected chi connectivity index (χ3v) is 1.79. The predicted molar refractivity (Wildman–Crippen MR) is 61.8 cm³/mol. The Balaban J connectivity index is 2.59. The predicted octanol–water partition coefficient (Wildman–Crippen LogP) is 1.29. The van der Waals surface area contributed by atoms with Crippen LogP contribution in [-0.2, 0) is 4.79 Å². The van der Waals surface area contributed by atoms with Crippen LogP contribution in [0.4, 0.5) is 0 Å². The maximum absolute atomic E-state index is 11.6. The standard InChI is InChI=1S/C12H16N2O2/c1-12(2,3)14-13-11(16)10(15)9-7-5-4-6-8-9/h4-8,14H,1-3H3,(H,13,16). The van der Waals surface area contributed by atoms with Crippen molar-refractivity contribution >= 4 is 11.7 Å². The Morgan fingerprint density at radius 3 is 2.12 bits per heavy atom. The average Bonchev–Trinajstić information content (AvgIpc) is 2.25. The van der Waals surface area contributed by atoms with E-state index < -0.39 is 11.7 Å². The van der Waals surface area contributed by atoms with E-state index in [1.807, 2.05) is 20.8 Å². The van der Waals surface area contributed by atoms with Gasteiger partial charge in [-0.25, -0.2) is 5.43 Å². The zero-order chi connectivity index (χ0) is 12.2. The molecule has 0 aliphatic rings. The summed E-state index contributed by atoms with van der Waals surface area (Å²) in [6.45, 7) is 5.67. The fraction of sp³-hybridized carbons (Fsp3) is 0.333. The van der Waals surface area contributed by atoms with E-state index in [1.54, 1.807) is 30.3 Å². The summed E-state index contributed by atoms with van der Waals surface area (Å²) in [5, 5.41) is 0. The van der Waals surface area contributed by atoms with Gasteiger partial charge in [0.05, 0.1) is 0 Å². The minimum Gasteiger partial charge on any atom is -0.284 e. The number of hydrazine groups is 1. The number of Topliss-reactive ketones (excluding diaryl/α,β-unsaturated/α-hetero) is 1. The van der Waals surface area contributed by atoms with Crippen LogP contribution < -0.4 is 10.9 Å². The smallest absolute Gasteiger partial charge is 0.284 e. The second-order valence-electron chi connectivity index (χ2n) is 4.52. The number of hydrogen-bond acceptors (Lipinski definition) is 3. The molecule has 4 nitrogen and oxygen atoms in total. The summed E-state index contributed by atoms with van der Waals surface area (Å²) in [5.74, 6) is -1.20. The molecule has 0 radical (unpaired) electrons. The highest BCUT2D eigenvalue weighted by atomic mass is 16.2. The first-order chi connectivity index (χ1) is 7.40. The van der Waals surface area contributed by atoms with Crippen LogP contribution in [-0.4, -0.2) is 17.2 Å². The van der Waals surface area contributed by atoms with Crippen LogP contribution in [0.2, 0.25) is 0 Å². The summed E-state index contributed by atoms with van der Waals surface area (Å²) in [7, 11) is 0. The van der Waals surface area contributed by atoms with E-state index in [4.69, 9.17) is 0 Å². The average molecular weight is 220 g/mol. The van der Waals surface area contributed by atoms with Crippen molar-refractivity contribution < 1.29 is 9.59 Å². The van der Waals surface area contributed by atoms with E-state index in [0.29, 0.717) is 5.56 Å². The van der Waals surface area contributed by atoms with Crippen molar-refractivity contribution in [1.82, 2.24) is 10.9 Å². The Kier molecular flexibility index (Phi) is 3.79. The van der Waals surface area contributed by atoms with Gasteiger partial charge in [0, 0.05) is 11.1 Å². The fourth-order valence-electron chi connectivity index (χ4n) is 1.02. The molecule has 0 unspecified atom stereocenters. The molecule has 0 aliphatic heterocycles. The van der Waals surface area contributed by atoms with Crippen molar-refractivity contribution in [3.8, 4) is 0 Å². The van der Waals surface area contributed by atoms with Crippen LogP contribution >= 0.6 is 0 Å². The molecule has 86 valence electrons. The summed E-state index contributed by atoms with van der Waals surface area (Å²) >= 11 is 0. The molecule has 1 aromatic rings. The SMILES string of the molecule is CC(C)(C)NNC(=O)C(=O)c1ccccc1. The molecule has 0 saturated heterocycles. The lowest BCUT2D eigenvalue weighted by atomic mass is 10.1. The molecule has 16 heavy (non-hydrogen) atoms. The molecule has 1 rings (SSSR count). The van der Waals surface area contributed by atoms with Crippen molar-refractivity contribution in [3.05, 3.63) is 35.9 Å². The van der Waals surface area contributed by atoms with Gasteiger partial charge in [-0.3, -0.25) is 15.0 Å². The third-order valence-electron chi connectivity index (χ3n) is 1.79. The summed E-state index contributed by atoms with van der Waals surface area (Å²) in [5.41, 5.74) is 5.25. The molecule has 1 aromatic carbocycles. The minimum absolute atomic E-state index is 0.271. The normalized spacial score (nSPS) is 10.9. The summed E-state index contributed by atoms with van der Waals surface area (Å²) in [6.07, 6.45) is 0. The maximum Gasteiger partial charge on any atom is 0.306 e. The van der Waals surface area contributed by atoms with E-state index in [1.165, 1.54) is 0 Å². The van der Waals surface area contributed by atoms with Crippen LogP contribution in [0.25, 0.3) is 0 Å². The van der Waals surface area contributed by atoms with Crippen LogP contribution in [0, 0.1) is 0 Å². The van der Waals surface area contributed by atoms with Gasteiger partial charge in [-0.2, -0.15) is 0 Å². The van der Waals surface area contributed by atoms with Gasteiger partial charge in [-0.15, -0.1) is 0 Å². The van der Waals surface area contributed by atoms with E-state index in [9.17, 15) is 9.59 Å². The van der Waals surface area contributed by atoms with E-state index in [-0.39, 0.29) is 5.54 Å². The monoisotopic (exact) mass is 220 g/mol. The minimum atomic E-state index is -0.652. The largest absolute Gasteiger partial charge is 0.306 e. The van der Waals surface area contributed by atoms with Gasteiger partial charge in [0.2, 0.25) is 0 Å². The molecule has 0 saturated carbocycles. The van der Waals surface area contributed by atoms with Crippen LogP contribution in [0.3, 0.4) is 0 Å². The molecule has 2 N–H and O–H groups in total. The highest BCUT2D eigenvalue weighted by molar-refractivity contribution is 6.42. The first-order valence-electron chi connectivity index (χ1n) is 5.07. The van der Waals surface area contributed by atoms with Crippen molar-refractivity contribution in [3.63, 3.8) is 0 Å². The molecule has 0 spiro atoms. The van der Waals surface area contributed by atoms with Crippen LogP contribution in [0.1, 0.15) is 31.1 Å². The maximum atomic E-state index is 11.6. The van der Waals surface area contributed by atoms with Crippen molar-refractivity contribution in [1.29, 1.82) is 0 Å². The number of rotatable bonds is 3. The van der Waals surface area contributed by atoms with Crippen LogP contribution in [0.5, 0.6) is 0 Å². The fourth-order valence-corrected chi connectivity index (χ4v) is 1.02. The van der Waals surface area contributed by atoms with Gasteiger partial charge in [-0.05, 0) is 20.8 Å². The van der Waals surface area contributed by atoms with Crippen LogP contribution in [0.15, 0.2) is 30.3 Å². The lowest BCUT2D eigenvalue weighted by Crippen LogP contribution is -2.50. The first kappa shape index (κ1) is 12.4. The van der Waals surface area contributed by atoms with Crippen molar-refractivity contribution in [2.24, 2.45) is 0 Å². The van der Waals surface area contributed by atoms with Gasteiger partial charge in [0.25, 0.3) is 5.78 Å². The third kappa shape index (κ3) is 3.82. The van der Waals surface area contributed by atoms with Crippen molar-refractivity contribution in [2.75, 3.05) is 0 Å². The number of ketones is 1. The molecule has 0 fully saturated rings. The quantitative estimate of drug-likeness (QED) is 0.458. The van der Waals surface area contributed by atoms with E-state index in [2.05, 4.69) is 10.9 Å². The number of hydrogen-bond donors (Lipinski definition) is 2. The molecule has 0 atom stereocenters. The number of nitrogens with one attached hydrogen (secondary N) is 2. The highest BCUT2D eigenvalue weighted by Gasteiger charge is 2.17. The van der Waals surface area contributed by atoms with Gasteiger partial charge >= 0.3 is 5.91 Å². The molecule has 0 bridgehead atoms. The van der Waals surface area contributed by atoms with Gasteiger partial charge in [-0.1, -0.05) is 30.3 Å². The lowest BCUT2D eigenvalue weighted by Gasteiger charge is -2.20. The summed E-state index contributed by atoms with van der Waals surface area (Å²) in [6, 6.07) is 8.45. The van der Waals surface area contributed by atoms with E-state index >= 15 is 0 Å². The summed E-state index contributed by atoms with van der Waals surface area (Å²) in [4.78, 5) is 23.1. The highest BCUT2D eigenvalue weighted by Crippen LogP contribution is 2.00. The number of amides is 1. The second-order valence-corrected chi connectivity index (χ2v) is 4.52. The molecule has 4 heteroatoms. The lowest BCUT2D eigenvalue weighted by molar-refractivity contribution is -0.118.